The van der Waals surface area contributed by atoms with Crippen molar-refractivity contribution < 1.29 is 4.79 Å². The molecule has 0 unspecified atom stereocenters. The lowest BCUT2D eigenvalue weighted by atomic mass is 10.1. The molecule has 2 aromatic rings. The van der Waals surface area contributed by atoms with Crippen LogP contribution < -0.4 is 5.73 Å². The monoisotopic (exact) mass is 274 g/mol. The van der Waals surface area contributed by atoms with Crippen LogP contribution in [-0.4, -0.2) is 23.9 Å². The van der Waals surface area contributed by atoms with Crippen LogP contribution in [0.5, 0.6) is 0 Å². The highest BCUT2D eigenvalue weighted by Gasteiger charge is 2.18. The Hall–Kier alpha value is -1.81. The molecule has 0 saturated heterocycles. The van der Waals surface area contributed by atoms with E-state index in [1.165, 1.54) is 11.3 Å². The summed E-state index contributed by atoms with van der Waals surface area (Å²) in [5, 5.41) is 0.593. The summed E-state index contributed by atoms with van der Waals surface area (Å²) < 4.78 is 0. The maximum Gasteiger partial charge on any atom is 0.256 e. The highest BCUT2D eigenvalue weighted by molar-refractivity contribution is 7.19. The number of nitrogens with zero attached hydrogens (tertiary/aromatic N) is 1. The maximum atomic E-state index is 12.3. The van der Waals surface area contributed by atoms with E-state index < -0.39 is 0 Å². The third kappa shape index (κ3) is 2.79. The highest BCUT2D eigenvalue weighted by atomic mass is 32.1. The van der Waals surface area contributed by atoms with Crippen molar-refractivity contribution in [1.29, 1.82) is 0 Å². The Morgan fingerprint density at radius 3 is 2.42 bits per heavy atom. The second kappa shape index (κ2) is 5.89. The molecule has 0 atom stereocenters. The molecule has 1 aromatic heterocycles. The maximum absolute atomic E-state index is 12.3. The fourth-order valence-corrected chi connectivity index (χ4v) is 2.92. The molecule has 2 N–H and O–H groups in total. The van der Waals surface area contributed by atoms with E-state index in [2.05, 4.69) is 0 Å². The van der Waals surface area contributed by atoms with E-state index in [4.69, 9.17) is 5.73 Å². The van der Waals surface area contributed by atoms with Crippen molar-refractivity contribution in [2.75, 3.05) is 18.8 Å². The van der Waals surface area contributed by atoms with E-state index in [1.807, 2.05) is 50.2 Å². The Bertz CT molecular complexity index is 559. The minimum absolute atomic E-state index is 0.0148. The molecule has 0 radical (unpaired) electrons. The Labute approximate surface area is 117 Å². The van der Waals surface area contributed by atoms with E-state index in [1.54, 1.807) is 4.90 Å². The average Bonchev–Trinajstić information content (AvgIpc) is 2.83. The van der Waals surface area contributed by atoms with Gasteiger partial charge in [-0.05, 0) is 25.5 Å². The van der Waals surface area contributed by atoms with E-state index in [-0.39, 0.29) is 5.91 Å². The van der Waals surface area contributed by atoms with E-state index in [0.29, 0.717) is 23.7 Å². The zero-order valence-electron chi connectivity index (χ0n) is 11.2. The van der Waals surface area contributed by atoms with E-state index in [0.717, 1.165) is 10.4 Å². The van der Waals surface area contributed by atoms with Gasteiger partial charge in [0.15, 0.2) is 0 Å². The van der Waals surface area contributed by atoms with Crippen LogP contribution in [0.4, 0.5) is 5.00 Å². The minimum atomic E-state index is 0.0148. The molecule has 100 valence electrons. The van der Waals surface area contributed by atoms with Crippen molar-refractivity contribution in [3.8, 4) is 10.4 Å². The van der Waals surface area contributed by atoms with Gasteiger partial charge in [0.2, 0.25) is 0 Å². The quantitative estimate of drug-likeness (QED) is 0.927. The van der Waals surface area contributed by atoms with Crippen molar-refractivity contribution in [2.24, 2.45) is 0 Å². The Morgan fingerprint density at radius 2 is 1.84 bits per heavy atom. The third-order valence-corrected chi connectivity index (χ3v) is 4.11. The number of thiophene rings is 1. The van der Waals surface area contributed by atoms with Gasteiger partial charge in [-0.25, -0.2) is 0 Å². The molecule has 2 rings (SSSR count). The molecular weight excluding hydrogens is 256 g/mol. The molecule has 4 heteroatoms. The fraction of sp³-hybridized carbons (Fsp3) is 0.267. The van der Waals surface area contributed by atoms with Crippen LogP contribution in [0, 0.1) is 0 Å². The van der Waals surface area contributed by atoms with Crippen molar-refractivity contribution >= 4 is 22.2 Å². The lowest BCUT2D eigenvalue weighted by Gasteiger charge is -2.17. The number of hydrogen-bond donors (Lipinski definition) is 1. The number of amides is 1. The number of rotatable bonds is 4. The molecule has 1 aromatic carbocycles. The molecule has 0 bridgehead atoms. The zero-order valence-corrected chi connectivity index (χ0v) is 12.0. The summed E-state index contributed by atoms with van der Waals surface area (Å²) in [7, 11) is 0. The molecular formula is C15H18N2OS. The van der Waals surface area contributed by atoms with E-state index in [9.17, 15) is 4.79 Å². The molecule has 0 aliphatic heterocycles. The lowest BCUT2D eigenvalue weighted by molar-refractivity contribution is 0.0774. The van der Waals surface area contributed by atoms with Gasteiger partial charge in [-0.1, -0.05) is 30.3 Å². The topological polar surface area (TPSA) is 46.3 Å². The zero-order chi connectivity index (χ0) is 13.8. The molecule has 1 amide bonds. The average molecular weight is 274 g/mol. The minimum Gasteiger partial charge on any atom is -0.390 e. The molecule has 0 aliphatic rings. The second-order valence-corrected chi connectivity index (χ2v) is 5.32. The van der Waals surface area contributed by atoms with Gasteiger partial charge in [-0.15, -0.1) is 11.3 Å². The van der Waals surface area contributed by atoms with Gasteiger partial charge < -0.3 is 10.6 Å². The second-order valence-electron chi connectivity index (χ2n) is 4.23. The summed E-state index contributed by atoms with van der Waals surface area (Å²) in [4.78, 5) is 15.1. The van der Waals surface area contributed by atoms with Crippen LogP contribution >= 0.6 is 11.3 Å². The van der Waals surface area contributed by atoms with Gasteiger partial charge in [0.25, 0.3) is 5.91 Å². The summed E-state index contributed by atoms with van der Waals surface area (Å²) in [5.41, 5.74) is 7.71. The highest BCUT2D eigenvalue weighted by Crippen LogP contribution is 2.33. The first-order valence-electron chi connectivity index (χ1n) is 6.41. The van der Waals surface area contributed by atoms with Crippen molar-refractivity contribution in [1.82, 2.24) is 4.90 Å². The first kappa shape index (κ1) is 13.6. The Kier molecular flexibility index (Phi) is 4.22. The van der Waals surface area contributed by atoms with Crippen LogP contribution in [0.2, 0.25) is 0 Å². The van der Waals surface area contributed by atoms with Crippen LogP contribution in [0.25, 0.3) is 10.4 Å². The SMILES string of the molecule is CCN(CC)C(=O)c1cc(-c2ccccc2)sc1N. The first-order valence-corrected chi connectivity index (χ1v) is 7.23. The van der Waals surface area contributed by atoms with Crippen molar-refractivity contribution in [3.05, 3.63) is 42.0 Å². The van der Waals surface area contributed by atoms with Crippen molar-refractivity contribution in [2.45, 2.75) is 13.8 Å². The summed E-state index contributed by atoms with van der Waals surface area (Å²) in [6.45, 7) is 5.35. The molecule has 3 nitrogen and oxygen atoms in total. The normalized spacial score (nSPS) is 10.4. The van der Waals surface area contributed by atoms with Gasteiger partial charge in [-0.3, -0.25) is 4.79 Å². The molecule has 0 spiro atoms. The molecule has 0 saturated carbocycles. The molecule has 1 heterocycles. The number of hydrogen-bond acceptors (Lipinski definition) is 3. The van der Waals surface area contributed by atoms with Crippen LogP contribution in [0.3, 0.4) is 0 Å². The standard InChI is InChI=1S/C15H18N2OS/c1-3-17(4-2)15(18)12-10-13(19-14(12)16)11-8-6-5-7-9-11/h5-10H,3-4,16H2,1-2H3. The summed E-state index contributed by atoms with van der Waals surface area (Å²) in [5.74, 6) is 0.0148. The summed E-state index contributed by atoms with van der Waals surface area (Å²) in [6.07, 6.45) is 0. The summed E-state index contributed by atoms with van der Waals surface area (Å²) >= 11 is 1.46. The van der Waals surface area contributed by atoms with Gasteiger partial charge in [0, 0.05) is 18.0 Å². The fourth-order valence-electron chi connectivity index (χ4n) is 2.00. The van der Waals surface area contributed by atoms with Gasteiger partial charge in [-0.2, -0.15) is 0 Å². The third-order valence-electron chi connectivity index (χ3n) is 3.10. The van der Waals surface area contributed by atoms with E-state index >= 15 is 0 Å². The number of benzene rings is 1. The Morgan fingerprint density at radius 1 is 1.21 bits per heavy atom. The number of anilines is 1. The summed E-state index contributed by atoms with van der Waals surface area (Å²) in [6, 6.07) is 11.9. The first-order chi connectivity index (χ1) is 9.17. The number of nitrogen functional groups attached to an aromatic ring is 1. The predicted octanol–water partition coefficient (Wildman–Crippen LogP) is 3.48. The number of nitrogens with two attached hydrogens (primary N) is 1. The Balaban J connectivity index is 2.34. The number of carbonyl (C=O) groups excluding carboxylic acids is 1. The van der Waals surface area contributed by atoms with Gasteiger partial charge in [0.1, 0.15) is 0 Å². The largest absolute Gasteiger partial charge is 0.390 e. The predicted molar refractivity (Wildman–Crippen MR) is 81.4 cm³/mol. The van der Waals surface area contributed by atoms with Crippen LogP contribution in [0.15, 0.2) is 36.4 Å². The van der Waals surface area contributed by atoms with Gasteiger partial charge in [0.05, 0.1) is 10.6 Å². The smallest absolute Gasteiger partial charge is 0.256 e. The number of carbonyl (C=O) groups is 1. The van der Waals surface area contributed by atoms with Crippen molar-refractivity contribution in [3.63, 3.8) is 0 Å². The molecule has 0 fully saturated rings. The molecule has 0 aliphatic carbocycles. The van der Waals surface area contributed by atoms with Crippen LogP contribution in [-0.2, 0) is 0 Å². The molecule has 19 heavy (non-hydrogen) atoms. The van der Waals surface area contributed by atoms with Crippen LogP contribution in [0.1, 0.15) is 24.2 Å². The van der Waals surface area contributed by atoms with Gasteiger partial charge >= 0.3 is 0 Å². The lowest BCUT2D eigenvalue weighted by Crippen LogP contribution is -2.30.